The number of benzene rings is 2. The van der Waals surface area contributed by atoms with Gasteiger partial charge in [0.15, 0.2) is 0 Å². The second-order valence-electron chi connectivity index (χ2n) is 4.23. The summed E-state index contributed by atoms with van der Waals surface area (Å²) in [6, 6.07) is 14.1. The molecule has 0 aromatic heterocycles. The van der Waals surface area contributed by atoms with Crippen molar-refractivity contribution < 1.29 is 0 Å². The van der Waals surface area contributed by atoms with Crippen LogP contribution >= 0.6 is 23.2 Å². The van der Waals surface area contributed by atoms with E-state index in [4.69, 9.17) is 23.2 Å². The average Bonchev–Trinajstić information content (AvgIpc) is 2.39. The maximum Gasteiger partial charge on any atom is 0.0485 e. The number of halogens is 2. The molecular formula is C15H15Cl2N. The Hall–Kier alpha value is -1.02. The van der Waals surface area contributed by atoms with Gasteiger partial charge in [-0.2, -0.15) is 0 Å². The number of rotatable bonds is 3. The predicted molar refractivity (Wildman–Crippen MR) is 79.4 cm³/mol. The fourth-order valence-electron chi connectivity index (χ4n) is 1.86. The molecule has 0 aliphatic carbocycles. The zero-order valence-electron chi connectivity index (χ0n) is 10.4. The van der Waals surface area contributed by atoms with Crippen LogP contribution in [0.5, 0.6) is 0 Å². The van der Waals surface area contributed by atoms with E-state index in [1.807, 2.05) is 43.4 Å². The van der Waals surface area contributed by atoms with Gasteiger partial charge in [-0.25, -0.2) is 0 Å². The first-order valence-corrected chi connectivity index (χ1v) is 6.60. The first-order valence-electron chi connectivity index (χ1n) is 5.85. The zero-order valence-corrected chi connectivity index (χ0v) is 11.9. The van der Waals surface area contributed by atoms with Crippen molar-refractivity contribution >= 4 is 23.2 Å². The molecule has 0 fully saturated rings. The van der Waals surface area contributed by atoms with Gasteiger partial charge < -0.3 is 5.32 Å². The van der Waals surface area contributed by atoms with Gasteiger partial charge in [-0.15, -0.1) is 0 Å². The van der Waals surface area contributed by atoms with Gasteiger partial charge in [0.2, 0.25) is 0 Å². The van der Waals surface area contributed by atoms with Crippen LogP contribution in [0.25, 0.3) is 11.1 Å². The molecule has 2 aromatic rings. The molecule has 0 aliphatic heterocycles. The van der Waals surface area contributed by atoms with Gasteiger partial charge in [0.05, 0.1) is 0 Å². The van der Waals surface area contributed by atoms with E-state index in [9.17, 15) is 0 Å². The van der Waals surface area contributed by atoms with Gasteiger partial charge in [-0.05, 0) is 37.7 Å². The topological polar surface area (TPSA) is 12.0 Å². The van der Waals surface area contributed by atoms with Crippen molar-refractivity contribution in [1.29, 1.82) is 0 Å². The van der Waals surface area contributed by atoms with Crippen molar-refractivity contribution in [1.82, 2.24) is 5.32 Å². The molecule has 2 rings (SSSR count). The van der Waals surface area contributed by atoms with Crippen LogP contribution in [0.15, 0.2) is 42.5 Å². The summed E-state index contributed by atoms with van der Waals surface area (Å²) in [6.45, 7) is 2.11. The molecule has 0 saturated carbocycles. The van der Waals surface area contributed by atoms with E-state index in [-0.39, 0.29) is 6.04 Å². The normalized spacial score (nSPS) is 12.4. The minimum absolute atomic E-state index is 0.281. The molecule has 1 nitrogen and oxygen atoms in total. The molecule has 1 unspecified atom stereocenters. The Morgan fingerprint density at radius 1 is 0.944 bits per heavy atom. The molecule has 2 aromatic carbocycles. The van der Waals surface area contributed by atoms with Gasteiger partial charge in [-0.1, -0.05) is 47.5 Å². The third-order valence-corrected chi connectivity index (χ3v) is 3.75. The second-order valence-corrected chi connectivity index (χ2v) is 5.04. The first-order chi connectivity index (χ1) is 8.63. The van der Waals surface area contributed by atoms with Gasteiger partial charge in [0.25, 0.3) is 0 Å². The first kappa shape index (κ1) is 13.4. The van der Waals surface area contributed by atoms with Crippen molar-refractivity contribution in [2.24, 2.45) is 0 Å². The van der Waals surface area contributed by atoms with Gasteiger partial charge >= 0.3 is 0 Å². The van der Waals surface area contributed by atoms with E-state index < -0.39 is 0 Å². The molecule has 0 amide bonds. The maximum atomic E-state index is 6.27. The second kappa shape index (κ2) is 5.75. The van der Waals surface area contributed by atoms with Crippen LogP contribution in [0.4, 0.5) is 0 Å². The van der Waals surface area contributed by atoms with E-state index in [0.29, 0.717) is 5.02 Å². The summed E-state index contributed by atoms with van der Waals surface area (Å²) >= 11 is 12.5. The Morgan fingerprint density at radius 2 is 1.61 bits per heavy atom. The molecule has 0 spiro atoms. The Labute approximate surface area is 118 Å². The largest absolute Gasteiger partial charge is 0.313 e. The average molecular weight is 280 g/mol. The summed E-state index contributed by atoms with van der Waals surface area (Å²) in [4.78, 5) is 0. The Kier molecular flexibility index (Phi) is 4.28. The van der Waals surface area contributed by atoms with Crippen LogP contribution in [0, 0.1) is 0 Å². The maximum absolute atomic E-state index is 6.27. The van der Waals surface area contributed by atoms with Crippen LogP contribution in [0.2, 0.25) is 10.0 Å². The molecule has 0 bridgehead atoms. The highest BCUT2D eigenvalue weighted by atomic mass is 35.5. The lowest BCUT2D eigenvalue weighted by Gasteiger charge is -2.14. The Bertz CT molecular complexity index is 552. The molecular weight excluding hydrogens is 265 g/mol. The summed E-state index contributed by atoms with van der Waals surface area (Å²) in [5, 5.41) is 4.65. The molecule has 94 valence electrons. The van der Waals surface area contributed by atoms with E-state index in [2.05, 4.69) is 18.3 Å². The van der Waals surface area contributed by atoms with Crippen LogP contribution < -0.4 is 5.32 Å². The molecule has 0 aliphatic rings. The molecule has 0 saturated heterocycles. The Balaban J connectivity index is 2.54. The molecule has 1 atom stereocenters. The van der Waals surface area contributed by atoms with Crippen molar-refractivity contribution in [2.45, 2.75) is 13.0 Å². The molecule has 3 heteroatoms. The highest BCUT2D eigenvalue weighted by molar-refractivity contribution is 6.36. The van der Waals surface area contributed by atoms with Crippen LogP contribution in [0.3, 0.4) is 0 Å². The van der Waals surface area contributed by atoms with Gasteiger partial charge in [0.1, 0.15) is 0 Å². The van der Waals surface area contributed by atoms with E-state index in [0.717, 1.165) is 16.1 Å². The SMILES string of the molecule is CNC(C)c1ccc(Cl)c(-c2ccccc2Cl)c1. The van der Waals surface area contributed by atoms with E-state index in [1.54, 1.807) is 0 Å². The monoisotopic (exact) mass is 279 g/mol. The number of nitrogens with one attached hydrogen (secondary N) is 1. The molecule has 0 heterocycles. The molecule has 18 heavy (non-hydrogen) atoms. The van der Waals surface area contributed by atoms with Gasteiger partial charge in [-0.3, -0.25) is 0 Å². The third-order valence-electron chi connectivity index (χ3n) is 3.09. The summed E-state index contributed by atoms with van der Waals surface area (Å²) in [7, 11) is 1.94. The predicted octanol–water partition coefficient (Wildman–Crippen LogP) is 4.94. The summed E-state index contributed by atoms with van der Waals surface area (Å²) in [5.41, 5.74) is 3.13. The van der Waals surface area contributed by atoms with Crippen molar-refractivity contribution in [2.75, 3.05) is 7.05 Å². The van der Waals surface area contributed by atoms with Crippen molar-refractivity contribution in [3.8, 4) is 11.1 Å². The quantitative estimate of drug-likeness (QED) is 0.839. The van der Waals surface area contributed by atoms with Crippen molar-refractivity contribution in [3.05, 3.63) is 58.1 Å². The Morgan fingerprint density at radius 3 is 2.28 bits per heavy atom. The highest BCUT2D eigenvalue weighted by Crippen LogP contribution is 2.34. The lowest BCUT2D eigenvalue weighted by Crippen LogP contribution is -2.12. The lowest BCUT2D eigenvalue weighted by molar-refractivity contribution is 0.652. The lowest BCUT2D eigenvalue weighted by atomic mass is 10.00. The number of hydrogen-bond donors (Lipinski definition) is 1. The summed E-state index contributed by atoms with van der Waals surface area (Å²) in [5.74, 6) is 0. The molecule has 1 N–H and O–H groups in total. The van der Waals surface area contributed by atoms with E-state index >= 15 is 0 Å². The van der Waals surface area contributed by atoms with Gasteiger partial charge in [0, 0.05) is 27.2 Å². The fourth-order valence-corrected chi connectivity index (χ4v) is 2.32. The molecule has 0 radical (unpaired) electrons. The third kappa shape index (κ3) is 2.69. The number of hydrogen-bond acceptors (Lipinski definition) is 1. The zero-order chi connectivity index (χ0) is 13.1. The highest BCUT2D eigenvalue weighted by Gasteiger charge is 2.10. The van der Waals surface area contributed by atoms with Crippen molar-refractivity contribution in [3.63, 3.8) is 0 Å². The van der Waals surface area contributed by atoms with Crippen LogP contribution in [0.1, 0.15) is 18.5 Å². The van der Waals surface area contributed by atoms with E-state index in [1.165, 1.54) is 5.56 Å². The summed E-state index contributed by atoms with van der Waals surface area (Å²) in [6.07, 6.45) is 0. The smallest absolute Gasteiger partial charge is 0.0485 e. The minimum atomic E-state index is 0.281. The standard InChI is InChI=1S/C15H15Cl2N/c1-10(18-2)11-7-8-15(17)13(9-11)12-5-3-4-6-14(12)16/h3-10,18H,1-2H3. The van der Waals surface area contributed by atoms with Crippen LogP contribution in [-0.4, -0.2) is 7.05 Å². The van der Waals surface area contributed by atoms with Crippen LogP contribution in [-0.2, 0) is 0 Å². The minimum Gasteiger partial charge on any atom is -0.313 e. The summed E-state index contributed by atoms with van der Waals surface area (Å²) < 4.78 is 0. The fraction of sp³-hybridized carbons (Fsp3) is 0.200.